The molecule has 1 spiro atoms. The lowest BCUT2D eigenvalue weighted by molar-refractivity contribution is 0.107. The highest BCUT2D eigenvalue weighted by molar-refractivity contribution is 5.42. The molecule has 1 fully saturated rings. The molecule has 1 aromatic heterocycles. The quantitative estimate of drug-likeness (QED) is 0.866. The number of hydrogen-bond donors (Lipinski definition) is 1. The number of methoxy groups -OCH3 is 1. The SMILES string of the molecule is COCCN1CCC2(CC1)CC(NCc1nccn1C)c1ccccc12. The Balaban J connectivity index is 1.47. The van der Waals surface area contributed by atoms with E-state index in [2.05, 4.69) is 51.1 Å². The van der Waals surface area contributed by atoms with Crippen LogP contribution >= 0.6 is 0 Å². The van der Waals surface area contributed by atoms with E-state index in [1.807, 2.05) is 12.4 Å². The predicted molar refractivity (Wildman–Crippen MR) is 103 cm³/mol. The standard InChI is InChI=1S/C21H30N4O/c1-24-12-9-22-20(24)16-23-19-15-21(18-6-4-3-5-17(18)19)7-10-25(11-8-21)13-14-26-2/h3-6,9,12,19,23H,7-8,10-11,13-16H2,1-2H3. The number of aromatic nitrogens is 2. The van der Waals surface area contributed by atoms with Crippen LogP contribution in [0, 0.1) is 0 Å². The van der Waals surface area contributed by atoms with Crippen LogP contribution in [0.2, 0.25) is 0 Å². The van der Waals surface area contributed by atoms with Crippen molar-refractivity contribution < 1.29 is 4.74 Å². The number of aryl methyl sites for hydroxylation is 1. The first-order valence-corrected chi connectivity index (χ1v) is 9.72. The summed E-state index contributed by atoms with van der Waals surface area (Å²) < 4.78 is 7.35. The van der Waals surface area contributed by atoms with Gasteiger partial charge in [0.15, 0.2) is 0 Å². The van der Waals surface area contributed by atoms with E-state index in [9.17, 15) is 0 Å². The molecule has 2 aliphatic rings. The highest BCUT2D eigenvalue weighted by atomic mass is 16.5. The Kier molecular flexibility index (Phi) is 5.11. The minimum Gasteiger partial charge on any atom is -0.383 e. The molecular formula is C21H30N4O. The van der Waals surface area contributed by atoms with Crippen molar-refractivity contribution in [3.63, 3.8) is 0 Å². The zero-order valence-electron chi connectivity index (χ0n) is 15.9. The predicted octanol–water partition coefficient (Wildman–Crippen LogP) is 2.63. The molecule has 0 bridgehead atoms. The van der Waals surface area contributed by atoms with Crippen molar-refractivity contribution in [1.82, 2.24) is 19.8 Å². The molecule has 1 aliphatic carbocycles. The van der Waals surface area contributed by atoms with Crippen LogP contribution in [0.15, 0.2) is 36.7 Å². The molecule has 1 unspecified atom stereocenters. The van der Waals surface area contributed by atoms with Crippen molar-refractivity contribution >= 4 is 0 Å². The van der Waals surface area contributed by atoms with Gasteiger partial charge >= 0.3 is 0 Å². The number of fused-ring (bicyclic) bond motifs is 2. The summed E-state index contributed by atoms with van der Waals surface area (Å²) >= 11 is 0. The summed E-state index contributed by atoms with van der Waals surface area (Å²) in [5.41, 5.74) is 3.40. The van der Waals surface area contributed by atoms with E-state index >= 15 is 0 Å². The lowest BCUT2D eigenvalue weighted by Gasteiger charge is -2.40. The molecule has 1 aliphatic heterocycles. The van der Waals surface area contributed by atoms with Gasteiger partial charge in [0.1, 0.15) is 5.82 Å². The van der Waals surface area contributed by atoms with Crippen LogP contribution in [0.1, 0.15) is 42.3 Å². The van der Waals surface area contributed by atoms with Gasteiger partial charge < -0.3 is 19.5 Å². The normalized spacial score (nSPS) is 22.0. The first-order valence-electron chi connectivity index (χ1n) is 9.72. The molecule has 0 saturated carbocycles. The van der Waals surface area contributed by atoms with Crippen LogP contribution in [-0.2, 0) is 23.7 Å². The van der Waals surface area contributed by atoms with Gasteiger partial charge in [0.25, 0.3) is 0 Å². The zero-order valence-corrected chi connectivity index (χ0v) is 15.9. The van der Waals surface area contributed by atoms with Crippen LogP contribution in [-0.4, -0.2) is 47.8 Å². The molecule has 0 radical (unpaired) electrons. The highest BCUT2D eigenvalue weighted by Gasteiger charge is 2.45. The summed E-state index contributed by atoms with van der Waals surface area (Å²) in [7, 11) is 3.85. The minimum absolute atomic E-state index is 0.333. The monoisotopic (exact) mass is 354 g/mol. The summed E-state index contributed by atoms with van der Waals surface area (Å²) in [5.74, 6) is 1.10. The molecule has 5 heteroatoms. The zero-order chi connectivity index (χ0) is 18.0. The van der Waals surface area contributed by atoms with Crippen molar-refractivity contribution in [2.75, 3.05) is 33.4 Å². The first kappa shape index (κ1) is 17.7. The molecule has 1 atom stereocenters. The van der Waals surface area contributed by atoms with Crippen molar-refractivity contribution in [3.8, 4) is 0 Å². The third kappa shape index (κ3) is 3.31. The van der Waals surface area contributed by atoms with Crippen molar-refractivity contribution in [1.29, 1.82) is 0 Å². The van der Waals surface area contributed by atoms with Crippen LogP contribution in [0.25, 0.3) is 0 Å². The maximum absolute atomic E-state index is 5.25. The number of nitrogens with zero attached hydrogens (tertiary/aromatic N) is 3. The second-order valence-corrected chi connectivity index (χ2v) is 7.79. The molecule has 26 heavy (non-hydrogen) atoms. The fraction of sp³-hybridized carbons (Fsp3) is 0.571. The fourth-order valence-electron chi connectivity index (χ4n) is 4.76. The number of piperidine rings is 1. The van der Waals surface area contributed by atoms with E-state index in [0.29, 0.717) is 11.5 Å². The lowest BCUT2D eigenvalue weighted by atomic mass is 9.73. The van der Waals surface area contributed by atoms with Gasteiger partial charge in [-0.05, 0) is 48.9 Å². The van der Waals surface area contributed by atoms with E-state index in [1.165, 1.54) is 37.9 Å². The van der Waals surface area contributed by atoms with Crippen LogP contribution < -0.4 is 5.32 Å². The Morgan fingerprint density at radius 2 is 2.08 bits per heavy atom. The third-order valence-electron chi connectivity index (χ3n) is 6.35. The Hall–Kier alpha value is -1.69. The summed E-state index contributed by atoms with van der Waals surface area (Å²) in [6, 6.07) is 9.49. The maximum atomic E-state index is 5.25. The number of ether oxygens (including phenoxy) is 1. The Morgan fingerprint density at radius 1 is 1.27 bits per heavy atom. The number of benzene rings is 1. The number of hydrogen-bond acceptors (Lipinski definition) is 4. The molecule has 4 rings (SSSR count). The van der Waals surface area contributed by atoms with Gasteiger partial charge in [-0.2, -0.15) is 0 Å². The fourth-order valence-corrected chi connectivity index (χ4v) is 4.76. The average Bonchev–Trinajstić information content (AvgIpc) is 3.22. The minimum atomic E-state index is 0.333. The van der Waals surface area contributed by atoms with Crippen LogP contribution in [0.5, 0.6) is 0 Å². The van der Waals surface area contributed by atoms with Gasteiger partial charge in [-0.15, -0.1) is 0 Å². The van der Waals surface area contributed by atoms with Gasteiger partial charge in [-0.25, -0.2) is 4.98 Å². The third-order valence-corrected chi connectivity index (χ3v) is 6.35. The molecule has 140 valence electrons. The van der Waals surface area contributed by atoms with Crippen LogP contribution in [0.4, 0.5) is 0 Å². The van der Waals surface area contributed by atoms with Gasteiger partial charge in [0.2, 0.25) is 0 Å². The van der Waals surface area contributed by atoms with Gasteiger partial charge in [0.05, 0.1) is 13.2 Å². The van der Waals surface area contributed by atoms with Crippen molar-refractivity contribution in [3.05, 3.63) is 53.6 Å². The number of imidazole rings is 1. The second kappa shape index (κ2) is 7.51. The molecular weight excluding hydrogens is 324 g/mol. The van der Waals surface area contributed by atoms with E-state index in [1.54, 1.807) is 12.7 Å². The van der Waals surface area contributed by atoms with Gasteiger partial charge in [-0.1, -0.05) is 24.3 Å². The van der Waals surface area contributed by atoms with Crippen LogP contribution in [0.3, 0.4) is 0 Å². The summed E-state index contributed by atoms with van der Waals surface area (Å²) in [6.07, 6.45) is 7.57. The number of rotatable bonds is 6. The van der Waals surface area contributed by atoms with E-state index < -0.39 is 0 Å². The number of likely N-dealkylation sites (tertiary alicyclic amines) is 1. The second-order valence-electron chi connectivity index (χ2n) is 7.79. The Labute approximate surface area is 156 Å². The van der Waals surface area contributed by atoms with E-state index in [-0.39, 0.29) is 0 Å². The molecule has 1 N–H and O–H groups in total. The smallest absolute Gasteiger partial charge is 0.122 e. The molecule has 5 nitrogen and oxygen atoms in total. The topological polar surface area (TPSA) is 42.3 Å². The van der Waals surface area contributed by atoms with E-state index in [4.69, 9.17) is 4.74 Å². The molecule has 1 aromatic carbocycles. The molecule has 0 amide bonds. The summed E-state index contributed by atoms with van der Waals surface area (Å²) in [6.45, 7) is 5.04. The lowest BCUT2D eigenvalue weighted by Crippen LogP contribution is -2.43. The van der Waals surface area contributed by atoms with E-state index in [0.717, 1.165) is 25.5 Å². The molecule has 1 saturated heterocycles. The maximum Gasteiger partial charge on any atom is 0.122 e. The number of nitrogens with one attached hydrogen (secondary N) is 1. The van der Waals surface area contributed by atoms with Crippen molar-refractivity contribution in [2.24, 2.45) is 7.05 Å². The largest absolute Gasteiger partial charge is 0.383 e. The van der Waals surface area contributed by atoms with Crippen molar-refractivity contribution in [2.45, 2.75) is 37.3 Å². The average molecular weight is 354 g/mol. The Morgan fingerprint density at radius 3 is 2.81 bits per heavy atom. The van der Waals surface area contributed by atoms with Gasteiger partial charge in [-0.3, -0.25) is 0 Å². The summed E-state index contributed by atoms with van der Waals surface area (Å²) in [4.78, 5) is 7.00. The highest BCUT2D eigenvalue weighted by Crippen LogP contribution is 2.50. The molecule has 2 aromatic rings. The first-order chi connectivity index (χ1) is 12.7. The summed E-state index contributed by atoms with van der Waals surface area (Å²) in [5, 5.41) is 3.78. The van der Waals surface area contributed by atoms with Gasteiger partial charge in [0, 0.05) is 39.1 Å². The Bertz CT molecular complexity index is 733. The molecule has 2 heterocycles.